The minimum atomic E-state index is -0.191. The van der Waals surface area contributed by atoms with Crippen LogP contribution in [-0.2, 0) is 6.54 Å². The summed E-state index contributed by atoms with van der Waals surface area (Å²) in [6.45, 7) is 8.75. The van der Waals surface area contributed by atoms with E-state index < -0.39 is 0 Å². The molecule has 1 aromatic carbocycles. The number of rotatable bonds is 11. The first kappa shape index (κ1) is 25.4. The van der Waals surface area contributed by atoms with Crippen LogP contribution in [0.15, 0.2) is 36.5 Å². The largest absolute Gasteiger partial charge is 0.359 e. The number of nitrogens with one attached hydrogen (secondary N) is 5. The van der Waals surface area contributed by atoms with Crippen molar-refractivity contribution in [1.82, 2.24) is 25.6 Å². The molecule has 0 aliphatic rings. The molecule has 0 spiro atoms. The highest BCUT2D eigenvalue weighted by Gasteiger charge is 2.14. The average Bonchev–Trinajstić information content (AvgIpc) is 3.25. The van der Waals surface area contributed by atoms with Crippen molar-refractivity contribution in [3.8, 4) is 21.8 Å². The zero-order valence-corrected chi connectivity index (χ0v) is 21.3. The molecule has 0 fully saturated rings. The number of hydrogen-bond donors (Lipinski definition) is 5. The molecule has 10 heteroatoms. The first-order valence-electron chi connectivity index (χ1n) is 11.6. The van der Waals surface area contributed by atoms with Gasteiger partial charge in [0.05, 0.1) is 43.4 Å². The van der Waals surface area contributed by atoms with Crippen LogP contribution < -0.4 is 26.2 Å². The van der Waals surface area contributed by atoms with Gasteiger partial charge in [-0.25, -0.2) is 19.7 Å². The third-order valence-electron chi connectivity index (χ3n) is 4.87. The highest BCUT2D eigenvalue weighted by Crippen LogP contribution is 2.32. The number of aromatic nitrogens is 3. The Balaban J connectivity index is 1.95. The summed E-state index contributed by atoms with van der Waals surface area (Å²) < 4.78 is 0. The van der Waals surface area contributed by atoms with Gasteiger partial charge in [0, 0.05) is 30.9 Å². The zero-order valence-electron chi connectivity index (χ0n) is 20.5. The Labute approximate surface area is 205 Å². The maximum absolute atomic E-state index is 11.9. The summed E-state index contributed by atoms with van der Waals surface area (Å²) in [5.41, 5.74) is 3.54. The number of quaternary nitrogens is 1. The van der Waals surface area contributed by atoms with E-state index >= 15 is 0 Å². The van der Waals surface area contributed by atoms with Crippen molar-refractivity contribution in [1.29, 1.82) is 0 Å². The van der Waals surface area contributed by atoms with Crippen molar-refractivity contribution < 1.29 is 9.69 Å². The van der Waals surface area contributed by atoms with E-state index in [1.54, 1.807) is 11.3 Å². The fraction of sp³-hybridized carbons (Fsp3) is 0.417. The Hall–Kier alpha value is -3.24. The summed E-state index contributed by atoms with van der Waals surface area (Å²) in [7, 11) is 4.23. The van der Waals surface area contributed by atoms with Gasteiger partial charge in [-0.15, -0.1) is 0 Å². The van der Waals surface area contributed by atoms with E-state index in [1.165, 1.54) is 4.90 Å². The molecule has 34 heavy (non-hydrogen) atoms. The van der Waals surface area contributed by atoms with Gasteiger partial charge in [-0.3, -0.25) is 0 Å². The highest BCUT2D eigenvalue weighted by atomic mass is 32.1. The lowest BCUT2D eigenvalue weighted by Gasteiger charge is -2.14. The second kappa shape index (κ2) is 12.3. The summed E-state index contributed by atoms with van der Waals surface area (Å²) >= 11 is 1.57. The number of carbonyl (C=O) groups excluding carboxylic acids is 1. The molecule has 2 aromatic heterocycles. The third kappa shape index (κ3) is 7.39. The molecule has 2 heterocycles. The number of urea groups is 1. The molecular weight excluding hydrogens is 448 g/mol. The summed E-state index contributed by atoms with van der Waals surface area (Å²) in [6.07, 6.45) is 1.85. The number of benzene rings is 1. The van der Waals surface area contributed by atoms with Gasteiger partial charge in [-0.2, -0.15) is 0 Å². The molecule has 182 valence electrons. The Bertz CT molecular complexity index is 1080. The summed E-state index contributed by atoms with van der Waals surface area (Å²) in [6, 6.07) is 10.1. The number of likely N-dealkylation sites (N-methyl/N-ethyl adjacent to an activating group) is 1. The number of carbonyl (C=O) groups is 1. The molecule has 0 unspecified atom stereocenters. The second-order valence-electron chi connectivity index (χ2n) is 8.54. The molecule has 3 aromatic rings. The zero-order chi connectivity index (χ0) is 24.5. The van der Waals surface area contributed by atoms with Gasteiger partial charge in [0.1, 0.15) is 0 Å². The molecule has 0 aliphatic carbocycles. The smallest absolute Gasteiger partial charge is 0.315 e. The van der Waals surface area contributed by atoms with Gasteiger partial charge in [0.2, 0.25) is 5.95 Å². The van der Waals surface area contributed by atoms with Gasteiger partial charge in [-0.1, -0.05) is 35.6 Å². The lowest BCUT2D eigenvalue weighted by Crippen LogP contribution is -3.06. The van der Waals surface area contributed by atoms with E-state index in [0.717, 1.165) is 45.6 Å². The van der Waals surface area contributed by atoms with Crippen LogP contribution in [0.5, 0.6) is 0 Å². The van der Waals surface area contributed by atoms with Gasteiger partial charge in [0.15, 0.2) is 5.13 Å². The number of hydrogen-bond acceptors (Lipinski definition) is 7. The van der Waals surface area contributed by atoms with Crippen LogP contribution in [0.4, 0.5) is 15.9 Å². The van der Waals surface area contributed by atoms with E-state index in [2.05, 4.69) is 54.2 Å². The van der Waals surface area contributed by atoms with Crippen molar-refractivity contribution in [2.45, 2.75) is 33.4 Å². The van der Waals surface area contributed by atoms with Crippen LogP contribution in [0.3, 0.4) is 0 Å². The van der Waals surface area contributed by atoms with Crippen LogP contribution >= 0.6 is 11.3 Å². The molecule has 2 amide bonds. The molecule has 9 nitrogen and oxygen atoms in total. The van der Waals surface area contributed by atoms with Gasteiger partial charge in [-0.05, 0) is 32.4 Å². The van der Waals surface area contributed by atoms with E-state index in [9.17, 15) is 4.79 Å². The van der Waals surface area contributed by atoms with Gasteiger partial charge < -0.3 is 26.2 Å². The standard InChI is InChI=1S/C24H34N8OS/c1-6-25-23(33)27-14-17-9-7-8-10-18(17)19-13-20(21-15-28-24(34-21)29-16(2)3)31-22(30-19)26-11-12-32(4)5/h7-10,13,15-16H,6,11-12,14H2,1-5H3,(H,28,29)(H2,25,27,33)(H,26,30,31)/p+1. The molecule has 0 bridgehead atoms. The van der Waals surface area contributed by atoms with E-state index in [1.807, 2.05) is 43.5 Å². The Morgan fingerprint density at radius 1 is 1.12 bits per heavy atom. The number of thiazole rings is 1. The SMILES string of the molecule is CCNC(=O)NCc1ccccc1-c1cc(-c2cnc(NC(C)C)s2)nc(NCC[NH+](C)C)n1. The topological polar surface area (TPSA) is 108 Å². The molecule has 5 N–H and O–H groups in total. The predicted octanol–water partition coefficient (Wildman–Crippen LogP) is 2.46. The fourth-order valence-electron chi connectivity index (χ4n) is 3.24. The molecule has 0 radical (unpaired) electrons. The quantitative estimate of drug-likeness (QED) is 0.287. The Kier molecular flexibility index (Phi) is 9.17. The number of anilines is 2. The first-order chi connectivity index (χ1) is 16.4. The lowest BCUT2D eigenvalue weighted by molar-refractivity contribution is -0.856. The maximum Gasteiger partial charge on any atom is 0.315 e. The molecule has 3 rings (SSSR count). The molecule has 0 saturated carbocycles. The Morgan fingerprint density at radius 3 is 2.62 bits per heavy atom. The average molecular weight is 484 g/mol. The number of nitrogens with zero attached hydrogens (tertiary/aromatic N) is 3. The van der Waals surface area contributed by atoms with Crippen molar-refractivity contribution in [2.24, 2.45) is 0 Å². The third-order valence-corrected chi connectivity index (χ3v) is 5.83. The summed E-state index contributed by atoms with van der Waals surface area (Å²) in [5.74, 6) is 0.576. The van der Waals surface area contributed by atoms with Crippen LogP contribution in [0.1, 0.15) is 26.3 Å². The monoisotopic (exact) mass is 483 g/mol. The normalized spacial score (nSPS) is 11.0. The predicted molar refractivity (Wildman–Crippen MR) is 139 cm³/mol. The van der Waals surface area contributed by atoms with Crippen molar-refractivity contribution in [3.63, 3.8) is 0 Å². The lowest BCUT2D eigenvalue weighted by atomic mass is 10.0. The van der Waals surface area contributed by atoms with Crippen molar-refractivity contribution >= 4 is 28.4 Å². The van der Waals surface area contributed by atoms with E-state index in [0.29, 0.717) is 25.1 Å². The van der Waals surface area contributed by atoms with Crippen molar-refractivity contribution in [2.75, 3.05) is 44.4 Å². The van der Waals surface area contributed by atoms with Crippen LogP contribution in [0.25, 0.3) is 21.8 Å². The first-order valence-corrected chi connectivity index (χ1v) is 12.4. The second-order valence-corrected chi connectivity index (χ2v) is 9.58. The minimum absolute atomic E-state index is 0.191. The molecule has 0 atom stereocenters. The van der Waals surface area contributed by atoms with E-state index in [-0.39, 0.29) is 6.03 Å². The summed E-state index contributed by atoms with van der Waals surface area (Å²) in [5, 5.41) is 13.3. The van der Waals surface area contributed by atoms with Gasteiger partial charge >= 0.3 is 6.03 Å². The van der Waals surface area contributed by atoms with Gasteiger partial charge in [0.25, 0.3) is 0 Å². The van der Waals surface area contributed by atoms with Crippen LogP contribution in [0.2, 0.25) is 0 Å². The maximum atomic E-state index is 11.9. The Morgan fingerprint density at radius 2 is 1.88 bits per heavy atom. The van der Waals surface area contributed by atoms with Crippen molar-refractivity contribution in [3.05, 3.63) is 42.1 Å². The molecule has 0 saturated heterocycles. The highest BCUT2D eigenvalue weighted by molar-refractivity contribution is 7.18. The molecule has 0 aliphatic heterocycles. The van der Waals surface area contributed by atoms with E-state index in [4.69, 9.17) is 9.97 Å². The van der Waals surface area contributed by atoms with Crippen LogP contribution in [-0.4, -0.2) is 60.8 Å². The molecular formula is C24H35N8OS+. The number of amides is 2. The fourth-order valence-corrected chi connectivity index (χ4v) is 4.17. The minimum Gasteiger partial charge on any atom is -0.359 e. The van der Waals surface area contributed by atoms with Crippen LogP contribution in [0, 0.1) is 0 Å². The summed E-state index contributed by atoms with van der Waals surface area (Å²) in [4.78, 5) is 28.3.